The van der Waals surface area contributed by atoms with Crippen molar-refractivity contribution in [3.05, 3.63) is 80.1 Å². The molecule has 6 nitrogen and oxygen atoms in total. The number of carbonyl (C=O) groups is 1. The van der Waals surface area contributed by atoms with Crippen molar-refractivity contribution in [2.75, 3.05) is 19.8 Å². The highest BCUT2D eigenvalue weighted by molar-refractivity contribution is 6.30. The quantitative estimate of drug-likeness (QED) is 0.508. The number of amides is 1. The van der Waals surface area contributed by atoms with Gasteiger partial charge in [-0.15, -0.1) is 0 Å². The van der Waals surface area contributed by atoms with E-state index in [0.717, 1.165) is 54.7 Å². The number of carbonyl (C=O) groups excluding carboxylic acids is 1. The molecule has 1 saturated heterocycles. The van der Waals surface area contributed by atoms with Crippen molar-refractivity contribution in [1.82, 2.24) is 9.88 Å². The van der Waals surface area contributed by atoms with Crippen molar-refractivity contribution < 1.29 is 14.6 Å². The van der Waals surface area contributed by atoms with Gasteiger partial charge in [-0.3, -0.25) is 9.59 Å². The van der Waals surface area contributed by atoms with Crippen LogP contribution in [0, 0.1) is 5.92 Å². The third-order valence-electron chi connectivity index (χ3n) is 6.49. The highest BCUT2D eigenvalue weighted by Gasteiger charge is 2.19. The summed E-state index contributed by atoms with van der Waals surface area (Å²) >= 11 is 5.93. The predicted octanol–water partition coefficient (Wildman–Crippen LogP) is 4.02. The van der Waals surface area contributed by atoms with Gasteiger partial charge in [0.05, 0.1) is 5.52 Å². The Hall–Kier alpha value is -2.67. The average molecular weight is 483 g/mol. The summed E-state index contributed by atoms with van der Waals surface area (Å²) in [5, 5.41) is 13.4. The number of nitrogens with one attached hydrogen (secondary N) is 1. The molecule has 2 heterocycles. The Morgan fingerprint density at radius 2 is 1.91 bits per heavy atom. The summed E-state index contributed by atoms with van der Waals surface area (Å²) in [6, 6.07) is 11.3. The number of hydrogen-bond acceptors (Lipinski definition) is 4. The summed E-state index contributed by atoms with van der Waals surface area (Å²) in [5.41, 5.74) is 3.72. The van der Waals surface area contributed by atoms with Gasteiger partial charge < -0.3 is 19.7 Å². The van der Waals surface area contributed by atoms with E-state index >= 15 is 0 Å². The smallest absolute Gasteiger partial charge is 0.257 e. The van der Waals surface area contributed by atoms with Crippen LogP contribution in [0.25, 0.3) is 10.9 Å². The van der Waals surface area contributed by atoms with Gasteiger partial charge in [-0.2, -0.15) is 0 Å². The number of ether oxygens (including phenoxy) is 1. The van der Waals surface area contributed by atoms with E-state index in [1.807, 2.05) is 29.8 Å². The van der Waals surface area contributed by atoms with Gasteiger partial charge in [0.2, 0.25) is 5.43 Å². The van der Waals surface area contributed by atoms with Gasteiger partial charge in [0.25, 0.3) is 5.91 Å². The number of hydrogen-bond donors (Lipinski definition) is 2. The van der Waals surface area contributed by atoms with Crippen LogP contribution in [0.5, 0.6) is 0 Å². The lowest BCUT2D eigenvalue weighted by Gasteiger charge is -2.23. The highest BCUT2D eigenvalue weighted by atomic mass is 35.5. The first-order valence-electron chi connectivity index (χ1n) is 11.8. The second kappa shape index (κ2) is 11.2. The summed E-state index contributed by atoms with van der Waals surface area (Å²) in [5.74, 6) is 0.121. The molecule has 2 N–H and O–H groups in total. The molecule has 34 heavy (non-hydrogen) atoms. The van der Waals surface area contributed by atoms with Crippen LogP contribution in [-0.2, 0) is 31.2 Å². The molecular formula is C27H31ClN2O4. The second-order valence-electron chi connectivity index (χ2n) is 9.03. The van der Waals surface area contributed by atoms with Gasteiger partial charge in [0.1, 0.15) is 5.56 Å². The molecule has 0 spiro atoms. The number of halogens is 1. The summed E-state index contributed by atoms with van der Waals surface area (Å²) in [6.07, 6.45) is 5.80. The fourth-order valence-electron chi connectivity index (χ4n) is 4.72. The fourth-order valence-corrected chi connectivity index (χ4v) is 4.84. The van der Waals surface area contributed by atoms with E-state index in [-0.39, 0.29) is 17.6 Å². The topological polar surface area (TPSA) is 80.6 Å². The molecule has 3 aromatic rings. The first-order chi connectivity index (χ1) is 16.5. The largest absolute Gasteiger partial charge is 0.396 e. The minimum Gasteiger partial charge on any atom is -0.396 e. The molecular weight excluding hydrogens is 452 g/mol. The Morgan fingerprint density at radius 1 is 1.18 bits per heavy atom. The van der Waals surface area contributed by atoms with Crippen LogP contribution >= 0.6 is 11.6 Å². The Balaban J connectivity index is 1.67. The zero-order valence-corrected chi connectivity index (χ0v) is 20.2. The molecule has 2 aromatic carbocycles. The van der Waals surface area contributed by atoms with E-state index in [1.165, 1.54) is 0 Å². The monoisotopic (exact) mass is 482 g/mol. The maximum atomic E-state index is 13.5. The first kappa shape index (κ1) is 24.5. The molecule has 7 heteroatoms. The maximum absolute atomic E-state index is 13.5. The van der Waals surface area contributed by atoms with Crippen LogP contribution in [0.3, 0.4) is 0 Å². The Labute approximate surface area is 204 Å². The number of rotatable bonds is 8. The molecule has 1 amide bonds. The number of aliphatic hydroxyl groups is 1. The van der Waals surface area contributed by atoms with Crippen LogP contribution in [0.4, 0.5) is 0 Å². The van der Waals surface area contributed by atoms with Gasteiger partial charge >= 0.3 is 0 Å². The Morgan fingerprint density at radius 3 is 2.62 bits per heavy atom. The molecule has 0 saturated carbocycles. The van der Waals surface area contributed by atoms with Crippen molar-refractivity contribution in [3.63, 3.8) is 0 Å². The lowest BCUT2D eigenvalue weighted by atomic mass is 9.90. The maximum Gasteiger partial charge on any atom is 0.257 e. The van der Waals surface area contributed by atoms with Crippen LogP contribution in [0.15, 0.2) is 47.4 Å². The third kappa shape index (κ3) is 5.69. The van der Waals surface area contributed by atoms with E-state index in [0.29, 0.717) is 35.7 Å². The minimum atomic E-state index is -0.399. The van der Waals surface area contributed by atoms with Crippen LogP contribution in [-0.4, -0.2) is 35.4 Å². The molecule has 0 bridgehead atoms. The van der Waals surface area contributed by atoms with Crippen molar-refractivity contribution in [1.29, 1.82) is 0 Å². The minimum absolute atomic E-state index is 0.0881. The van der Waals surface area contributed by atoms with Crippen molar-refractivity contribution >= 4 is 28.4 Å². The summed E-state index contributed by atoms with van der Waals surface area (Å²) < 4.78 is 7.35. The normalized spacial score (nSPS) is 14.4. The number of fused-ring (bicyclic) bond motifs is 1. The average Bonchev–Trinajstić information content (AvgIpc) is 2.84. The summed E-state index contributed by atoms with van der Waals surface area (Å²) in [4.78, 5) is 26.5. The molecule has 180 valence electrons. The van der Waals surface area contributed by atoms with Gasteiger partial charge in [-0.05, 0) is 72.9 Å². The highest BCUT2D eigenvalue weighted by Crippen LogP contribution is 2.26. The van der Waals surface area contributed by atoms with E-state index in [4.69, 9.17) is 16.3 Å². The molecule has 1 fully saturated rings. The molecule has 1 aliphatic heterocycles. The Bertz CT molecular complexity index is 1210. The van der Waals surface area contributed by atoms with E-state index in [2.05, 4.69) is 11.4 Å². The lowest BCUT2D eigenvalue weighted by Crippen LogP contribution is -2.29. The first-order valence-corrected chi connectivity index (χ1v) is 12.2. The van der Waals surface area contributed by atoms with Crippen molar-refractivity contribution in [3.8, 4) is 0 Å². The standard InChI is InChI=1S/C27H31ClN2O4/c1-30-17-24(27(33)29-16-19-4-6-22(28)7-5-19)26(32)23-15-20(13-18-8-11-34-12-9-18)14-21(25(23)30)3-2-10-31/h4-7,14-15,17-18,31H,2-3,8-13,16H2,1H3,(H,29,33). The zero-order chi connectivity index (χ0) is 24.1. The molecule has 0 unspecified atom stereocenters. The number of aliphatic hydroxyl groups excluding tert-OH is 1. The SMILES string of the molecule is Cn1cc(C(=O)NCc2ccc(Cl)cc2)c(=O)c2cc(CC3CCOCC3)cc(CCCO)c21. The van der Waals surface area contributed by atoms with Crippen molar-refractivity contribution in [2.45, 2.75) is 38.6 Å². The molecule has 1 aromatic heterocycles. The van der Waals surface area contributed by atoms with Gasteiger partial charge in [-0.1, -0.05) is 29.8 Å². The van der Waals surface area contributed by atoms with Crippen molar-refractivity contribution in [2.24, 2.45) is 13.0 Å². The summed E-state index contributed by atoms with van der Waals surface area (Å²) in [7, 11) is 1.86. The number of aryl methyl sites for hydroxylation is 2. The van der Waals surface area contributed by atoms with Crippen LogP contribution in [0.1, 0.15) is 46.3 Å². The number of pyridine rings is 1. The number of benzene rings is 2. The molecule has 0 atom stereocenters. The van der Waals surface area contributed by atoms with E-state index in [1.54, 1.807) is 18.3 Å². The van der Waals surface area contributed by atoms with Crippen LogP contribution in [0.2, 0.25) is 5.02 Å². The number of nitrogens with zero attached hydrogens (tertiary/aromatic N) is 1. The molecule has 1 aliphatic rings. The summed E-state index contributed by atoms with van der Waals surface area (Å²) in [6.45, 7) is 1.94. The molecule has 0 aliphatic carbocycles. The van der Waals surface area contributed by atoms with E-state index < -0.39 is 5.91 Å². The molecule has 0 radical (unpaired) electrons. The van der Waals surface area contributed by atoms with Gasteiger partial charge in [-0.25, -0.2) is 0 Å². The fraction of sp³-hybridized carbons (Fsp3) is 0.407. The lowest BCUT2D eigenvalue weighted by molar-refractivity contribution is 0.0665. The number of aromatic nitrogens is 1. The van der Waals surface area contributed by atoms with Gasteiger partial charge in [0, 0.05) is 50.0 Å². The zero-order valence-electron chi connectivity index (χ0n) is 19.5. The predicted molar refractivity (Wildman–Crippen MR) is 134 cm³/mol. The van der Waals surface area contributed by atoms with Gasteiger partial charge in [0.15, 0.2) is 0 Å². The van der Waals surface area contributed by atoms with E-state index in [9.17, 15) is 14.7 Å². The second-order valence-corrected chi connectivity index (χ2v) is 9.47. The molecule has 4 rings (SSSR count). The van der Waals surface area contributed by atoms with Crippen LogP contribution < -0.4 is 10.7 Å². The third-order valence-corrected chi connectivity index (χ3v) is 6.75. The Kier molecular flexibility index (Phi) is 8.03.